The van der Waals surface area contributed by atoms with Crippen molar-refractivity contribution in [3.63, 3.8) is 0 Å². The molecule has 0 fully saturated rings. The molecule has 0 saturated carbocycles. The summed E-state index contributed by atoms with van der Waals surface area (Å²) in [5.74, 6) is -0.124. The van der Waals surface area contributed by atoms with Crippen molar-refractivity contribution < 1.29 is 14.6 Å². The van der Waals surface area contributed by atoms with Crippen molar-refractivity contribution in [1.82, 2.24) is 0 Å². The van der Waals surface area contributed by atoms with Gasteiger partial charge in [0.25, 0.3) is 0 Å². The van der Waals surface area contributed by atoms with Gasteiger partial charge >= 0.3 is 0 Å². The van der Waals surface area contributed by atoms with E-state index >= 15 is 0 Å². The molecule has 4 nitrogen and oxygen atoms in total. The molecule has 0 aliphatic carbocycles. The Morgan fingerprint density at radius 2 is 1.82 bits per heavy atom. The Morgan fingerprint density at radius 3 is 2.55 bits per heavy atom. The summed E-state index contributed by atoms with van der Waals surface area (Å²) in [4.78, 5) is 11.9. The van der Waals surface area contributed by atoms with Gasteiger partial charge in [0.15, 0.2) is 0 Å². The maximum Gasteiger partial charge on any atom is 0.226 e. The number of carbonyl (C=O) groups excluding carboxylic acids is 1. The standard InChI is InChI=1S/C18H21NO3/c1-14(20)16-9-5-6-10-17(16)19-18(21)11-12-22-13-15-7-3-2-4-8-15/h2-10,14,20H,11-13H2,1H3,(H,19,21). The average Bonchev–Trinajstić information content (AvgIpc) is 2.53. The molecule has 0 spiro atoms. The molecule has 0 aliphatic heterocycles. The minimum Gasteiger partial charge on any atom is -0.389 e. The fourth-order valence-electron chi connectivity index (χ4n) is 2.12. The molecule has 2 aromatic carbocycles. The number of aliphatic hydroxyl groups is 1. The molecule has 2 N–H and O–H groups in total. The fraction of sp³-hybridized carbons (Fsp3) is 0.278. The van der Waals surface area contributed by atoms with Gasteiger partial charge in [-0.1, -0.05) is 48.5 Å². The van der Waals surface area contributed by atoms with Crippen LogP contribution in [0.2, 0.25) is 0 Å². The van der Waals surface area contributed by atoms with Gasteiger partial charge in [-0.05, 0) is 18.6 Å². The van der Waals surface area contributed by atoms with Gasteiger partial charge in [0.05, 0.1) is 25.7 Å². The second-order valence-corrected chi connectivity index (χ2v) is 5.10. The molecule has 4 heteroatoms. The maximum atomic E-state index is 11.9. The maximum absolute atomic E-state index is 11.9. The zero-order chi connectivity index (χ0) is 15.8. The monoisotopic (exact) mass is 299 g/mol. The number of anilines is 1. The van der Waals surface area contributed by atoms with Crippen LogP contribution in [0.1, 0.15) is 30.6 Å². The lowest BCUT2D eigenvalue weighted by atomic mass is 10.1. The Balaban J connectivity index is 1.77. The predicted molar refractivity (Wildman–Crippen MR) is 86.4 cm³/mol. The van der Waals surface area contributed by atoms with E-state index in [1.807, 2.05) is 42.5 Å². The molecule has 1 unspecified atom stereocenters. The Bertz CT molecular complexity index is 596. The molecule has 2 rings (SSSR count). The summed E-state index contributed by atoms with van der Waals surface area (Å²) in [7, 11) is 0. The van der Waals surface area contributed by atoms with Crippen molar-refractivity contribution in [3.05, 3.63) is 65.7 Å². The van der Waals surface area contributed by atoms with Crippen LogP contribution in [0.25, 0.3) is 0 Å². The fourth-order valence-corrected chi connectivity index (χ4v) is 2.12. The summed E-state index contributed by atoms with van der Waals surface area (Å²) in [5.41, 5.74) is 2.44. The largest absolute Gasteiger partial charge is 0.389 e. The summed E-state index contributed by atoms with van der Waals surface area (Å²) in [6.07, 6.45) is -0.341. The lowest BCUT2D eigenvalue weighted by Crippen LogP contribution is -2.15. The Morgan fingerprint density at radius 1 is 1.14 bits per heavy atom. The summed E-state index contributed by atoms with van der Waals surface area (Å²) >= 11 is 0. The average molecular weight is 299 g/mol. The SMILES string of the molecule is CC(O)c1ccccc1NC(=O)CCOCc1ccccc1. The highest BCUT2D eigenvalue weighted by atomic mass is 16.5. The number of ether oxygens (including phenoxy) is 1. The smallest absolute Gasteiger partial charge is 0.226 e. The van der Waals surface area contributed by atoms with Gasteiger partial charge in [-0.2, -0.15) is 0 Å². The van der Waals surface area contributed by atoms with Crippen LogP contribution in [0.15, 0.2) is 54.6 Å². The number of aliphatic hydroxyl groups excluding tert-OH is 1. The van der Waals surface area contributed by atoms with Gasteiger partial charge in [-0.25, -0.2) is 0 Å². The zero-order valence-electron chi connectivity index (χ0n) is 12.7. The Labute approximate surface area is 130 Å². The summed E-state index contributed by atoms with van der Waals surface area (Å²) < 4.78 is 5.50. The minimum atomic E-state index is -0.620. The molecule has 1 atom stereocenters. The van der Waals surface area contributed by atoms with Gasteiger partial charge in [-0.3, -0.25) is 4.79 Å². The van der Waals surface area contributed by atoms with Gasteiger partial charge in [0, 0.05) is 11.3 Å². The predicted octanol–water partition coefficient (Wildman–Crippen LogP) is 3.29. The lowest BCUT2D eigenvalue weighted by molar-refractivity contribution is -0.117. The van der Waals surface area contributed by atoms with E-state index in [-0.39, 0.29) is 12.3 Å². The first-order valence-electron chi connectivity index (χ1n) is 7.35. The molecule has 2 aromatic rings. The van der Waals surface area contributed by atoms with Crippen molar-refractivity contribution in [2.45, 2.75) is 26.1 Å². The molecule has 0 aliphatic rings. The third kappa shape index (κ3) is 4.98. The molecule has 1 amide bonds. The van der Waals surface area contributed by atoms with E-state index < -0.39 is 6.10 Å². The van der Waals surface area contributed by atoms with E-state index in [1.165, 1.54) is 0 Å². The van der Waals surface area contributed by atoms with E-state index in [1.54, 1.807) is 19.1 Å². The van der Waals surface area contributed by atoms with E-state index in [0.717, 1.165) is 5.56 Å². The summed E-state index contributed by atoms with van der Waals surface area (Å²) in [6, 6.07) is 17.1. The van der Waals surface area contributed by atoms with Crippen molar-refractivity contribution in [2.75, 3.05) is 11.9 Å². The van der Waals surface area contributed by atoms with Gasteiger partial charge in [0.2, 0.25) is 5.91 Å². The molecular formula is C18H21NO3. The van der Waals surface area contributed by atoms with Crippen LogP contribution in [-0.2, 0) is 16.1 Å². The second kappa shape index (κ2) is 8.32. The van der Waals surface area contributed by atoms with Crippen molar-refractivity contribution >= 4 is 11.6 Å². The van der Waals surface area contributed by atoms with Gasteiger partial charge < -0.3 is 15.2 Å². The van der Waals surface area contributed by atoms with E-state index in [4.69, 9.17) is 4.74 Å². The van der Waals surface area contributed by atoms with Crippen LogP contribution in [0.3, 0.4) is 0 Å². The number of hydrogen-bond donors (Lipinski definition) is 2. The number of nitrogens with one attached hydrogen (secondary N) is 1. The van der Waals surface area contributed by atoms with Crippen LogP contribution in [0.5, 0.6) is 0 Å². The molecule has 0 bridgehead atoms. The molecule has 0 heterocycles. The lowest BCUT2D eigenvalue weighted by Gasteiger charge is -2.13. The van der Waals surface area contributed by atoms with Crippen LogP contribution < -0.4 is 5.32 Å². The zero-order valence-corrected chi connectivity index (χ0v) is 12.7. The van der Waals surface area contributed by atoms with Crippen LogP contribution in [0.4, 0.5) is 5.69 Å². The van der Waals surface area contributed by atoms with Crippen LogP contribution in [0, 0.1) is 0 Å². The second-order valence-electron chi connectivity index (χ2n) is 5.10. The van der Waals surface area contributed by atoms with Gasteiger partial charge in [-0.15, -0.1) is 0 Å². The van der Waals surface area contributed by atoms with Crippen LogP contribution in [-0.4, -0.2) is 17.6 Å². The quantitative estimate of drug-likeness (QED) is 0.771. The Hall–Kier alpha value is -2.17. The number of para-hydroxylation sites is 1. The minimum absolute atomic E-state index is 0.124. The molecule has 0 radical (unpaired) electrons. The number of hydrogen-bond acceptors (Lipinski definition) is 3. The molecule has 0 saturated heterocycles. The molecule has 0 aromatic heterocycles. The van der Waals surface area contributed by atoms with Gasteiger partial charge in [0.1, 0.15) is 0 Å². The topological polar surface area (TPSA) is 58.6 Å². The number of amides is 1. The van der Waals surface area contributed by atoms with Crippen LogP contribution >= 0.6 is 0 Å². The van der Waals surface area contributed by atoms with E-state index in [0.29, 0.717) is 24.5 Å². The third-order valence-electron chi connectivity index (χ3n) is 3.27. The summed E-state index contributed by atoms with van der Waals surface area (Å²) in [6.45, 7) is 2.53. The molecular weight excluding hydrogens is 278 g/mol. The van der Waals surface area contributed by atoms with E-state index in [9.17, 15) is 9.90 Å². The highest BCUT2D eigenvalue weighted by Crippen LogP contribution is 2.22. The van der Waals surface area contributed by atoms with E-state index in [2.05, 4.69) is 5.32 Å². The highest BCUT2D eigenvalue weighted by Gasteiger charge is 2.09. The van der Waals surface area contributed by atoms with Crippen molar-refractivity contribution in [3.8, 4) is 0 Å². The first-order chi connectivity index (χ1) is 10.7. The third-order valence-corrected chi connectivity index (χ3v) is 3.27. The van der Waals surface area contributed by atoms with Crippen molar-refractivity contribution in [2.24, 2.45) is 0 Å². The molecule has 22 heavy (non-hydrogen) atoms. The first-order valence-corrected chi connectivity index (χ1v) is 7.35. The summed E-state index contributed by atoms with van der Waals surface area (Å²) in [5, 5.41) is 12.5. The highest BCUT2D eigenvalue weighted by molar-refractivity contribution is 5.91. The number of rotatable bonds is 7. The molecule has 116 valence electrons. The number of benzene rings is 2. The van der Waals surface area contributed by atoms with Crippen molar-refractivity contribution in [1.29, 1.82) is 0 Å². The number of carbonyl (C=O) groups is 1. The first kappa shape index (κ1) is 16.2. The normalized spacial score (nSPS) is 11.9. The Kier molecular flexibility index (Phi) is 6.13.